The topological polar surface area (TPSA) is 0 Å². The highest BCUT2D eigenvalue weighted by molar-refractivity contribution is 7.27. The first kappa shape index (κ1) is 8.49. The van der Waals surface area contributed by atoms with Crippen LogP contribution in [0, 0.1) is 0 Å². The van der Waals surface area contributed by atoms with Crippen LogP contribution in [0.3, 0.4) is 0 Å². The molecule has 0 amide bonds. The Morgan fingerprint density at radius 1 is 1.45 bits per heavy atom. The van der Waals surface area contributed by atoms with E-state index in [-0.39, 0.29) is 0 Å². The Morgan fingerprint density at radius 2 is 2.18 bits per heavy atom. The first-order chi connectivity index (χ1) is 5.26. The van der Waals surface area contributed by atoms with E-state index in [1.165, 1.54) is 16.4 Å². The SMILES string of the molecule is C=Cc1cc(P)cc(CC)c1. The fourth-order valence-corrected chi connectivity index (χ4v) is 1.47. The summed E-state index contributed by atoms with van der Waals surface area (Å²) < 4.78 is 0. The van der Waals surface area contributed by atoms with Crippen molar-refractivity contribution in [3.05, 3.63) is 35.9 Å². The third-order valence-corrected chi connectivity index (χ3v) is 2.01. The highest BCUT2D eigenvalue weighted by atomic mass is 31.0. The van der Waals surface area contributed by atoms with Crippen molar-refractivity contribution >= 4 is 20.6 Å². The van der Waals surface area contributed by atoms with Crippen molar-refractivity contribution < 1.29 is 0 Å². The monoisotopic (exact) mass is 164 g/mol. The molecule has 0 nitrogen and oxygen atoms in total. The molecule has 1 rings (SSSR count). The van der Waals surface area contributed by atoms with E-state index in [1.54, 1.807) is 0 Å². The molecule has 1 aromatic carbocycles. The highest BCUT2D eigenvalue weighted by Crippen LogP contribution is 2.07. The van der Waals surface area contributed by atoms with Crippen LogP contribution in [-0.2, 0) is 6.42 Å². The molecule has 58 valence electrons. The van der Waals surface area contributed by atoms with Crippen LogP contribution >= 0.6 is 9.24 Å². The van der Waals surface area contributed by atoms with Gasteiger partial charge in [0.1, 0.15) is 0 Å². The van der Waals surface area contributed by atoms with E-state index in [4.69, 9.17) is 0 Å². The van der Waals surface area contributed by atoms with Crippen LogP contribution in [0.15, 0.2) is 24.8 Å². The van der Waals surface area contributed by atoms with E-state index in [2.05, 4.69) is 40.9 Å². The average Bonchev–Trinajstić information content (AvgIpc) is 2.03. The van der Waals surface area contributed by atoms with Crippen LogP contribution in [0.25, 0.3) is 6.08 Å². The molecule has 0 saturated carbocycles. The zero-order chi connectivity index (χ0) is 8.27. The zero-order valence-corrected chi connectivity index (χ0v) is 7.96. The van der Waals surface area contributed by atoms with Gasteiger partial charge in [0.05, 0.1) is 0 Å². The van der Waals surface area contributed by atoms with Gasteiger partial charge in [-0.05, 0) is 28.9 Å². The van der Waals surface area contributed by atoms with E-state index in [0.717, 1.165) is 6.42 Å². The summed E-state index contributed by atoms with van der Waals surface area (Å²) >= 11 is 0. The number of benzene rings is 1. The molecule has 1 unspecified atom stereocenters. The molecule has 0 aliphatic rings. The lowest BCUT2D eigenvalue weighted by molar-refractivity contribution is 1.14. The van der Waals surface area contributed by atoms with Gasteiger partial charge in [-0.1, -0.05) is 31.7 Å². The summed E-state index contributed by atoms with van der Waals surface area (Å²) in [5, 5.41) is 1.24. The minimum Gasteiger partial charge on any atom is -0.106 e. The van der Waals surface area contributed by atoms with Gasteiger partial charge in [-0.15, -0.1) is 9.24 Å². The predicted octanol–water partition coefficient (Wildman–Crippen LogP) is 2.39. The minimum atomic E-state index is 1.09. The van der Waals surface area contributed by atoms with Gasteiger partial charge in [-0.3, -0.25) is 0 Å². The van der Waals surface area contributed by atoms with Gasteiger partial charge in [0, 0.05) is 0 Å². The Hall–Kier alpha value is -0.610. The molecule has 0 N–H and O–H groups in total. The van der Waals surface area contributed by atoms with E-state index in [1.807, 2.05) is 6.08 Å². The molecule has 11 heavy (non-hydrogen) atoms. The summed E-state index contributed by atoms with van der Waals surface area (Å²) in [6.45, 7) is 5.90. The second kappa shape index (κ2) is 3.69. The Bertz CT molecular complexity index is 264. The van der Waals surface area contributed by atoms with Gasteiger partial charge in [-0.25, -0.2) is 0 Å². The second-order valence-corrected chi connectivity index (χ2v) is 3.23. The van der Waals surface area contributed by atoms with E-state index in [9.17, 15) is 0 Å². The van der Waals surface area contributed by atoms with Gasteiger partial charge >= 0.3 is 0 Å². The zero-order valence-electron chi connectivity index (χ0n) is 6.80. The maximum absolute atomic E-state index is 3.74. The molecule has 0 fully saturated rings. The van der Waals surface area contributed by atoms with Crippen molar-refractivity contribution in [2.75, 3.05) is 0 Å². The van der Waals surface area contributed by atoms with Crippen molar-refractivity contribution in [1.82, 2.24) is 0 Å². The normalized spacial score (nSPS) is 9.64. The molecule has 0 saturated heterocycles. The van der Waals surface area contributed by atoms with Crippen LogP contribution in [0.4, 0.5) is 0 Å². The summed E-state index contributed by atoms with van der Waals surface area (Å²) in [4.78, 5) is 0. The Labute approximate surface area is 70.5 Å². The number of hydrogen-bond acceptors (Lipinski definition) is 0. The lowest BCUT2D eigenvalue weighted by Gasteiger charge is -2.00. The van der Waals surface area contributed by atoms with Gasteiger partial charge < -0.3 is 0 Å². The van der Waals surface area contributed by atoms with Gasteiger partial charge in [0.2, 0.25) is 0 Å². The van der Waals surface area contributed by atoms with Crippen LogP contribution in [0.2, 0.25) is 0 Å². The van der Waals surface area contributed by atoms with Crippen LogP contribution in [0.5, 0.6) is 0 Å². The molecule has 0 radical (unpaired) electrons. The molecule has 0 aromatic heterocycles. The molecule has 0 aliphatic heterocycles. The van der Waals surface area contributed by atoms with Crippen molar-refractivity contribution in [2.45, 2.75) is 13.3 Å². The molecule has 1 aromatic rings. The van der Waals surface area contributed by atoms with E-state index < -0.39 is 0 Å². The summed E-state index contributed by atoms with van der Waals surface area (Å²) in [5.74, 6) is 0. The van der Waals surface area contributed by atoms with Crippen molar-refractivity contribution in [3.63, 3.8) is 0 Å². The van der Waals surface area contributed by atoms with E-state index >= 15 is 0 Å². The molecular weight excluding hydrogens is 151 g/mol. The minimum absolute atomic E-state index is 1.09. The largest absolute Gasteiger partial charge is 0.106 e. The standard InChI is InChI=1S/C10H13P/c1-3-8-5-9(4-2)7-10(11)6-8/h3,5-7H,1,4,11H2,2H3. The lowest BCUT2D eigenvalue weighted by atomic mass is 10.1. The summed E-state index contributed by atoms with van der Waals surface area (Å²) in [5.41, 5.74) is 2.57. The summed E-state index contributed by atoms with van der Waals surface area (Å²) in [6.07, 6.45) is 2.97. The molecule has 0 spiro atoms. The molecule has 1 heteroatoms. The summed E-state index contributed by atoms with van der Waals surface area (Å²) in [7, 11) is 2.71. The first-order valence-electron chi connectivity index (χ1n) is 3.78. The smallest absolute Gasteiger partial charge is 0.0254 e. The lowest BCUT2D eigenvalue weighted by Crippen LogP contribution is -1.94. The fourth-order valence-electron chi connectivity index (χ4n) is 1.07. The Balaban J connectivity index is 3.11. The third-order valence-electron chi connectivity index (χ3n) is 1.68. The molecular formula is C10H13P. The van der Waals surface area contributed by atoms with Crippen molar-refractivity contribution in [3.8, 4) is 0 Å². The maximum Gasteiger partial charge on any atom is -0.0254 e. The Morgan fingerprint density at radius 3 is 2.73 bits per heavy atom. The van der Waals surface area contributed by atoms with E-state index in [0.29, 0.717) is 0 Å². The van der Waals surface area contributed by atoms with Crippen LogP contribution in [-0.4, -0.2) is 0 Å². The molecule has 0 heterocycles. The van der Waals surface area contributed by atoms with Crippen molar-refractivity contribution in [1.29, 1.82) is 0 Å². The fraction of sp³-hybridized carbons (Fsp3) is 0.200. The molecule has 1 atom stereocenters. The van der Waals surface area contributed by atoms with Gasteiger partial charge in [-0.2, -0.15) is 0 Å². The van der Waals surface area contributed by atoms with Crippen LogP contribution in [0.1, 0.15) is 18.1 Å². The van der Waals surface area contributed by atoms with Gasteiger partial charge in [0.25, 0.3) is 0 Å². The summed E-state index contributed by atoms with van der Waals surface area (Å²) in [6, 6.07) is 6.45. The quantitative estimate of drug-likeness (QED) is 0.589. The average molecular weight is 164 g/mol. The third kappa shape index (κ3) is 2.17. The first-order valence-corrected chi connectivity index (χ1v) is 4.36. The number of aryl methyl sites for hydroxylation is 1. The second-order valence-electron chi connectivity index (χ2n) is 2.57. The Kier molecular flexibility index (Phi) is 2.84. The highest BCUT2D eigenvalue weighted by Gasteiger charge is 1.92. The van der Waals surface area contributed by atoms with Gasteiger partial charge in [0.15, 0.2) is 0 Å². The number of rotatable bonds is 2. The molecule has 0 bridgehead atoms. The van der Waals surface area contributed by atoms with Crippen molar-refractivity contribution in [2.24, 2.45) is 0 Å². The maximum atomic E-state index is 3.74. The number of hydrogen-bond donors (Lipinski definition) is 0. The molecule has 0 aliphatic carbocycles. The van der Waals surface area contributed by atoms with Crippen LogP contribution < -0.4 is 5.30 Å². The predicted molar refractivity (Wildman–Crippen MR) is 55.3 cm³/mol.